The van der Waals surface area contributed by atoms with Crippen molar-refractivity contribution in [2.75, 3.05) is 18.5 Å². The lowest BCUT2D eigenvalue weighted by Crippen LogP contribution is -2.03. The molecule has 2 aromatic rings. The fourth-order valence-corrected chi connectivity index (χ4v) is 2.03. The van der Waals surface area contributed by atoms with Crippen molar-refractivity contribution in [3.8, 4) is 11.5 Å². The monoisotopic (exact) mass is 289 g/mol. The molecule has 0 fully saturated rings. The smallest absolute Gasteiger partial charge is 0.145 e. The lowest BCUT2D eigenvalue weighted by atomic mass is 10.2. The summed E-state index contributed by atoms with van der Waals surface area (Å²) in [6, 6.07) is 12.4. The first-order chi connectivity index (χ1) is 10.2. The average Bonchev–Trinajstić information content (AvgIpc) is 2.48. The first-order valence-electron chi connectivity index (χ1n) is 7.11. The van der Waals surface area contributed by atoms with Gasteiger partial charge in [0.2, 0.25) is 0 Å². The van der Waals surface area contributed by atoms with Gasteiger partial charge in [0.1, 0.15) is 17.3 Å². The number of anilines is 1. The van der Waals surface area contributed by atoms with E-state index in [1.807, 2.05) is 38.1 Å². The molecule has 1 N–H and O–H groups in total. The summed E-state index contributed by atoms with van der Waals surface area (Å²) in [7, 11) is 0. The molecule has 0 aliphatic heterocycles. The number of nitrogens with one attached hydrogen (secondary N) is 1. The van der Waals surface area contributed by atoms with Crippen molar-refractivity contribution in [1.82, 2.24) is 0 Å². The summed E-state index contributed by atoms with van der Waals surface area (Å²) in [5.74, 6) is 1.07. The third kappa shape index (κ3) is 4.38. The van der Waals surface area contributed by atoms with Crippen LogP contribution in [0.4, 0.5) is 10.1 Å². The van der Waals surface area contributed by atoms with Crippen LogP contribution in [0, 0.1) is 5.82 Å². The van der Waals surface area contributed by atoms with Gasteiger partial charge in [-0.15, -0.1) is 0 Å². The molecule has 0 radical (unpaired) electrons. The third-order valence-corrected chi connectivity index (χ3v) is 2.94. The molecule has 0 heterocycles. The maximum atomic E-state index is 13.2. The van der Waals surface area contributed by atoms with Crippen molar-refractivity contribution in [3.63, 3.8) is 0 Å². The first-order valence-corrected chi connectivity index (χ1v) is 7.11. The van der Waals surface area contributed by atoms with Crippen LogP contribution < -0.4 is 14.8 Å². The van der Waals surface area contributed by atoms with Crippen LogP contribution in [-0.4, -0.2) is 13.2 Å². The summed E-state index contributed by atoms with van der Waals surface area (Å²) in [5.41, 5.74) is 1.87. The predicted molar refractivity (Wildman–Crippen MR) is 82.5 cm³/mol. The van der Waals surface area contributed by atoms with Gasteiger partial charge in [-0.3, -0.25) is 0 Å². The largest absolute Gasteiger partial charge is 0.494 e. The fraction of sp³-hybridized carbons (Fsp3) is 0.294. The van der Waals surface area contributed by atoms with E-state index in [1.54, 1.807) is 6.07 Å². The van der Waals surface area contributed by atoms with Gasteiger partial charge in [0.15, 0.2) is 0 Å². The van der Waals surface area contributed by atoms with Crippen molar-refractivity contribution >= 4 is 5.69 Å². The molecule has 0 spiro atoms. The Labute approximate surface area is 124 Å². The minimum Gasteiger partial charge on any atom is -0.494 e. The normalized spacial score (nSPS) is 10.2. The highest BCUT2D eigenvalue weighted by Gasteiger charge is 2.05. The van der Waals surface area contributed by atoms with Gasteiger partial charge in [-0.1, -0.05) is 12.1 Å². The number of hydrogen-bond acceptors (Lipinski definition) is 3. The second kappa shape index (κ2) is 7.53. The van der Waals surface area contributed by atoms with Crippen molar-refractivity contribution < 1.29 is 13.9 Å². The Balaban J connectivity index is 2.07. The highest BCUT2D eigenvalue weighted by molar-refractivity contribution is 5.56. The van der Waals surface area contributed by atoms with Crippen LogP contribution in [0.15, 0.2) is 42.5 Å². The van der Waals surface area contributed by atoms with Crippen molar-refractivity contribution in [2.45, 2.75) is 20.4 Å². The van der Waals surface area contributed by atoms with E-state index < -0.39 is 0 Å². The number of halogens is 1. The fourth-order valence-electron chi connectivity index (χ4n) is 2.03. The summed E-state index contributed by atoms with van der Waals surface area (Å²) in [5, 5.41) is 3.26. The molecule has 3 nitrogen and oxygen atoms in total. The molecule has 2 aromatic carbocycles. The molecule has 0 saturated heterocycles. The third-order valence-electron chi connectivity index (χ3n) is 2.94. The number of ether oxygens (including phenoxy) is 2. The molecule has 0 unspecified atom stereocenters. The molecule has 0 amide bonds. The van der Waals surface area contributed by atoms with E-state index in [-0.39, 0.29) is 5.82 Å². The maximum absolute atomic E-state index is 13.2. The summed E-state index contributed by atoms with van der Waals surface area (Å²) in [4.78, 5) is 0. The number of rotatable bonds is 7. The SMILES string of the molecule is CCOc1cccc(CNc2ccc(F)cc2OCC)c1. The van der Waals surface area contributed by atoms with Crippen LogP contribution >= 0.6 is 0 Å². The molecular weight excluding hydrogens is 269 g/mol. The van der Waals surface area contributed by atoms with E-state index >= 15 is 0 Å². The zero-order valence-electron chi connectivity index (χ0n) is 12.4. The van der Waals surface area contributed by atoms with Gasteiger partial charge in [0.05, 0.1) is 18.9 Å². The molecule has 112 valence electrons. The van der Waals surface area contributed by atoms with Crippen LogP contribution in [0.25, 0.3) is 0 Å². The van der Waals surface area contributed by atoms with Crippen LogP contribution in [0.1, 0.15) is 19.4 Å². The minimum atomic E-state index is -0.303. The Morgan fingerprint density at radius 1 is 1.00 bits per heavy atom. The minimum absolute atomic E-state index is 0.303. The van der Waals surface area contributed by atoms with Gasteiger partial charge in [-0.2, -0.15) is 0 Å². The van der Waals surface area contributed by atoms with E-state index in [1.165, 1.54) is 12.1 Å². The zero-order chi connectivity index (χ0) is 15.1. The molecule has 2 rings (SSSR count). The summed E-state index contributed by atoms with van der Waals surface area (Å²) in [6.45, 7) is 5.59. The molecular formula is C17H20FNO2. The van der Waals surface area contributed by atoms with E-state index in [2.05, 4.69) is 5.32 Å². The Kier molecular flexibility index (Phi) is 5.43. The lowest BCUT2D eigenvalue weighted by molar-refractivity contribution is 0.339. The van der Waals surface area contributed by atoms with Crippen molar-refractivity contribution in [1.29, 1.82) is 0 Å². The molecule has 0 aliphatic carbocycles. The Hall–Kier alpha value is -2.23. The molecule has 21 heavy (non-hydrogen) atoms. The highest BCUT2D eigenvalue weighted by Crippen LogP contribution is 2.26. The first kappa shape index (κ1) is 15.2. The summed E-state index contributed by atoms with van der Waals surface area (Å²) in [6.07, 6.45) is 0. The van der Waals surface area contributed by atoms with Gasteiger partial charge in [0.25, 0.3) is 0 Å². The van der Waals surface area contributed by atoms with E-state index in [0.29, 0.717) is 25.5 Å². The molecule has 4 heteroatoms. The lowest BCUT2D eigenvalue weighted by Gasteiger charge is -2.13. The number of hydrogen-bond donors (Lipinski definition) is 1. The van der Waals surface area contributed by atoms with Crippen LogP contribution in [0.3, 0.4) is 0 Å². The highest BCUT2D eigenvalue weighted by atomic mass is 19.1. The van der Waals surface area contributed by atoms with Gasteiger partial charge in [-0.25, -0.2) is 4.39 Å². The quantitative estimate of drug-likeness (QED) is 0.827. The molecule has 0 bridgehead atoms. The van der Waals surface area contributed by atoms with Gasteiger partial charge in [0, 0.05) is 12.6 Å². The van der Waals surface area contributed by atoms with Gasteiger partial charge >= 0.3 is 0 Å². The maximum Gasteiger partial charge on any atom is 0.145 e. The zero-order valence-corrected chi connectivity index (χ0v) is 12.4. The topological polar surface area (TPSA) is 30.5 Å². The number of benzene rings is 2. The van der Waals surface area contributed by atoms with Crippen LogP contribution in [-0.2, 0) is 6.54 Å². The van der Waals surface area contributed by atoms with Crippen molar-refractivity contribution in [2.24, 2.45) is 0 Å². The van der Waals surface area contributed by atoms with E-state index in [9.17, 15) is 4.39 Å². The van der Waals surface area contributed by atoms with Crippen LogP contribution in [0.2, 0.25) is 0 Å². The Bertz CT molecular complexity index is 587. The molecule has 0 aromatic heterocycles. The Morgan fingerprint density at radius 2 is 1.81 bits per heavy atom. The summed E-state index contributed by atoms with van der Waals surface area (Å²) >= 11 is 0. The average molecular weight is 289 g/mol. The second-order valence-electron chi connectivity index (χ2n) is 4.51. The molecule has 0 aliphatic rings. The van der Waals surface area contributed by atoms with E-state index in [4.69, 9.17) is 9.47 Å². The summed E-state index contributed by atoms with van der Waals surface area (Å²) < 4.78 is 24.2. The van der Waals surface area contributed by atoms with E-state index in [0.717, 1.165) is 17.0 Å². The predicted octanol–water partition coefficient (Wildman–Crippen LogP) is 4.24. The molecule has 0 atom stereocenters. The Morgan fingerprint density at radius 3 is 2.57 bits per heavy atom. The molecule has 0 saturated carbocycles. The van der Waals surface area contributed by atoms with Crippen molar-refractivity contribution in [3.05, 3.63) is 53.8 Å². The second-order valence-corrected chi connectivity index (χ2v) is 4.51. The van der Waals surface area contributed by atoms with Crippen LogP contribution in [0.5, 0.6) is 11.5 Å². The van der Waals surface area contributed by atoms with Gasteiger partial charge in [-0.05, 0) is 43.7 Å². The van der Waals surface area contributed by atoms with Gasteiger partial charge < -0.3 is 14.8 Å². The standard InChI is InChI=1S/C17H20FNO2/c1-3-20-15-7-5-6-13(10-15)12-19-16-9-8-14(18)11-17(16)21-4-2/h5-11,19H,3-4,12H2,1-2H3.